The van der Waals surface area contributed by atoms with Gasteiger partial charge in [-0.25, -0.2) is 0 Å². The summed E-state index contributed by atoms with van der Waals surface area (Å²) < 4.78 is 6.05. The molecule has 2 aromatic rings. The molecule has 6 heteroatoms. The van der Waals surface area contributed by atoms with Gasteiger partial charge in [-0.3, -0.25) is 14.7 Å². The average Bonchev–Trinajstić information content (AvgIpc) is 3.30. The minimum Gasteiger partial charge on any atom is -0.507 e. The van der Waals surface area contributed by atoms with Gasteiger partial charge in [-0.2, -0.15) is 0 Å². The van der Waals surface area contributed by atoms with Crippen LogP contribution in [0.2, 0.25) is 0 Å². The number of aromatic hydroxyl groups is 1. The highest BCUT2D eigenvalue weighted by molar-refractivity contribution is 6.19. The highest BCUT2D eigenvalue weighted by Crippen LogP contribution is 2.44. The maximum atomic E-state index is 13.0. The van der Waals surface area contributed by atoms with Crippen LogP contribution in [0, 0.1) is 0 Å². The van der Waals surface area contributed by atoms with Gasteiger partial charge in [-0.1, -0.05) is 24.3 Å². The van der Waals surface area contributed by atoms with Crippen LogP contribution in [0.3, 0.4) is 0 Å². The number of aliphatic imine (C=N–C) groups is 1. The molecule has 0 saturated carbocycles. The highest BCUT2D eigenvalue weighted by Gasteiger charge is 2.35. The summed E-state index contributed by atoms with van der Waals surface area (Å²) in [5.74, 6) is 0.724. The van der Waals surface area contributed by atoms with Gasteiger partial charge < -0.3 is 15.2 Å². The van der Waals surface area contributed by atoms with Crippen LogP contribution in [0.25, 0.3) is 0 Å². The fraction of sp³-hybridized carbons (Fsp3) is 0.304. The smallest absolute Gasteiger partial charge is 0.232 e. The quantitative estimate of drug-likeness (QED) is 0.790. The van der Waals surface area contributed by atoms with Crippen molar-refractivity contribution in [2.75, 3.05) is 26.2 Å². The Hall–Kier alpha value is -2.96. The highest BCUT2D eigenvalue weighted by atomic mass is 16.5. The molecular weight excluding hydrogens is 366 g/mol. The molecule has 1 fully saturated rings. The molecule has 29 heavy (non-hydrogen) atoms. The van der Waals surface area contributed by atoms with Gasteiger partial charge in [0.25, 0.3) is 0 Å². The van der Waals surface area contributed by atoms with Crippen molar-refractivity contribution in [3.05, 3.63) is 70.5 Å². The second kappa shape index (κ2) is 7.13. The second-order valence-corrected chi connectivity index (χ2v) is 7.64. The standard InChI is InChI=1S/C23H23N3O3/c1-14(26-10-8-24-9-11-26)21-19(27)7-6-17-22(28)20(29-23(17)21)12-18-16-5-3-2-4-15(16)13-25-18/h2-7,12,14,24,27H,8-11,13H2,1H3/b20-12-. The molecule has 148 valence electrons. The molecule has 0 aliphatic carbocycles. The van der Waals surface area contributed by atoms with E-state index >= 15 is 0 Å². The van der Waals surface area contributed by atoms with Crippen LogP contribution >= 0.6 is 0 Å². The summed E-state index contributed by atoms with van der Waals surface area (Å²) in [6.45, 7) is 6.24. The first-order valence-corrected chi connectivity index (χ1v) is 10.0. The number of benzene rings is 2. The maximum Gasteiger partial charge on any atom is 0.232 e. The van der Waals surface area contributed by atoms with E-state index in [2.05, 4.69) is 15.2 Å². The first kappa shape index (κ1) is 18.1. The van der Waals surface area contributed by atoms with Gasteiger partial charge in [-0.15, -0.1) is 0 Å². The zero-order valence-corrected chi connectivity index (χ0v) is 16.3. The van der Waals surface area contributed by atoms with Crippen molar-refractivity contribution in [1.82, 2.24) is 10.2 Å². The lowest BCUT2D eigenvalue weighted by atomic mass is 9.99. The number of fused-ring (bicyclic) bond motifs is 2. The molecule has 2 N–H and O–H groups in total. The number of nitrogens with one attached hydrogen (secondary N) is 1. The molecule has 2 aromatic carbocycles. The number of hydrogen-bond donors (Lipinski definition) is 2. The van der Waals surface area contributed by atoms with E-state index in [1.165, 1.54) is 0 Å². The van der Waals surface area contributed by atoms with Crippen LogP contribution in [0.4, 0.5) is 0 Å². The molecule has 6 nitrogen and oxygen atoms in total. The zero-order chi connectivity index (χ0) is 20.0. The molecule has 3 aliphatic rings. The van der Waals surface area contributed by atoms with Gasteiger partial charge >= 0.3 is 0 Å². The molecule has 0 aromatic heterocycles. The normalized spacial score (nSPS) is 20.9. The topological polar surface area (TPSA) is 74.2 Å². The monoisotopic (exact) mass is 389 g/mol. The molecule has 0 spiro atoms. The van der Waals surface area contributed by atoms with Crippen molar-refractivity contribution < 1.29 is 14.6 Å². The average molecular weight is 389 g/mol. The van der Waals surface area contributed by atoms with Gasteiger partial charge in [-0.05, 0) is 24.6 Å². The minimum absolute atomic E-state index is 0.0521. The van der Waals surface area contributed by atoms with Crippen LogP contribution < -0.4 is 10.1 Å². The Bertz CT molecular complexity index is 1050. The molecular formula is C23H23N3O3. The van der Waals surface area contributed by atoms with Gasteiger partial charge in [0.05, 0.1) is 23.4 Å². The van der Waals surface area contributed by atoms with Gasteiger partial charge in [0.1, 0.15) is 11.5 Å². The van der Waals surface area contributed by atoms with E-state index in [-0.39, 0.29) is 23.3 Å². The summed E-state index contributed by atoms with van der Waals surface area (Å²) in [6.07, 6.45) is 1.73. The Morgan fingerprint density at radius 1 is 1.17 bits per heavy atom. The van der Waals surface area contributed by atoms with Gasteiger partial charge in [0, 0.05) is 43.9 Å². The van der Waals surface area contributed by atoms with Crippen molar-refractivity contribution in [2.45, 2.75) is 19.5 Å². The SMILES string of the molecule is CC(c1c(O)ccc2c1O/C(=C\C1=NCc3ccccc31)C2=O)N1CCNCC1. The number of Topliss-reactive ketones (excluding diaryl/α,β-unsaturated/α-hetero) is 1. The summed E-state index contributed by atoms with van der Waals surface area (Å²) in [4.78, 5) is 19.9. The van der Waals surface area contributed by atoms with E-state index in [4.69, 9.17) is 4.74 Å². The van der Waals surface area contributed by atoms with E-state index in [0.717, 1.165) is 43.0 Å². The molecule has 0 bridgehead atoms. The van der Waals surface area contributed by atoms with Crippen molar-refractivity contribution in [3.8, 4) is 11.5 Å². The molecule has 0 radical (unpaired) electrons. The van der Waals surface area contributed by atoms with Crippen LogP contribution in [-0.4, -0.2) is 47.7 Å². The molecule has 3 heterocycles. The van der Waals surface area contributed by atoms with Crippen molar-refractivity contribution >= 4 is 11.5 Å². The first-order valence-electron chi connectivity index (χ1n) is 10.0. The van der Waals surface area contributed by atoms with E-state index in [1.807, 2.05) is 31.2 Å². The second-order valence-electron chi connectivity index (χ2n) is 7.64. The predicted molar refractivity (Wildman–Crippen MR) is 111 cm³/mol. The molecule has 3 aliphatic heterocycles. The number of phenolic OH excluding ortho intramolecular Hbond substituents is 1. The Balaban J connectivity index is 1.50. The summed E-state index contributed by atoms with van der Waals surface area (Å²) in [5.41, 5.74) is 4.11. The van der Waals surface area contributed by atoms with Crippen LogP contribution in [0.1, 0.15) is 40.0 Å². The Morgan fingerprint density at radius 2 is 1.97 bits per heavy atom. The fourth-order valence-corrected chi connectivity index (χ4v) is 4.33. The maximum absolute atomic E-state index is 13.0. The Kier molecular flexibility index (Phi) is 4.45. The first-order chi connectivity index (χ1) is 14.1. The van der Waals surface area contributed by atoms with Crippen LogP contribution in [0.5, 0.6) is 11.5 Å². The number of allylic oxidation sites excluding steroid dienone is 2. The van der Waals surface area contributed by atoms with E-state index < -0.39 is 0 Å². The molecule has 0 amide bonds. The van der Waals surface area contributed by atoms with Crippen LogP contribution in [-0.2, 0) is 6.54 Å². The molecule has 1 unspecified atom stereocenters. The molecule has 5 rings (SSSR count). The van der Waals surface area contributed by atoms with Gasteiger partial charge in [0.15, 0.2) is 5.76 Å². The summed E-state index contributed by atoms with van der Waals surface area (Å²) in [5, 5.41) is 13.9. The van der Waals surface area contributed by atoms with Crippen molar-refractivity contribution in [3.63, 3.8) is 0 Å². The van der Waals surface area contributed by atoms with E-state index in [1.54, 1.807) is 18.2 Å². The predicted octanol–water partition coefficient (Wildman–Crippen LogP) is 2.82. The van der Waals surface area contributed by atoms with E-state index in [9.17, 15) is 9.90 Å². The number of carbonyl (C=O) groups is 1. The lowest BCUT2D eigenvalue weighted by Crippen LogP contribution is -2.44. The number of rotatable bonds is 3. The van der Waals surface area contributed by atoms with Crippen molar-refractivity contribution in [2.24, 2.45) is 4.99 Å². The number of piperazine rings is 1. The number of phenols is 1. The number of ether oxygens (including phenoxy) is 1. The zero-order valence-electron chi connectivity index (χ0n) is 16.3. The number of ketones is 1. The molecule has 1 saturated heterocycles. The van der Waals surface area contributed by atoms with E-state index in [0.29, 0.717) is 23.4 Å². The largest absolute Gasteiger partial charge is 0.507 e. The number of hydrogen-bond acceptors (Lipinski definition) is 6. The van der Waals surface area contributed by atoms with Crippen LogP contribution in [0.15, 0.2) is 53.2 Å². The third-order valence-corrected chi connectivity index (χ3v) is 5.95. The lowest BCUT2D eigenvalue weighted by Gasteiger charge is -2.33. The summed E-state index contributed by atoms with van der Waals surface area (Å²) >= 11 is 0. The van der Waals surface area contributed by atoms with Crippen molar-refractivity contribution in [1.29, 1.82) is 0 Å². The Morgan fingerprint density at radius 3 is 2.79 bits per heavy atom. The summed E-state index contributed by atoms with van der Waals surface area (Å²) in [6, 6.07) is 11.2. The summed E-state index contributed by atoms with van der Waals surface area (Å²) in [7, 11) is 0. The van der Waals surface area contributed by atoms with Gasteiger partial charge in [0.2, 0.25) is 5.78 Å². The Labute approximate surface area is 169 Å². The fourth-order valence-electron chi connectivity index (χ4n) is 4.33. The minimum atomic E-state index is -0.166. The third kappa shape index (κ3) is 3.05. The number of nitrogens with zero attached hydrogens (tertiary/aromatic N) is 2. The third-order valence-electron chi connectivity index (χ3n) is 5.95. The lowest BCUT2D eigenvalue weighted by molar-refractivity contribution is 0.101. The molecule has 1 atom stereocenters. The number of carbonyl (C=O) groups excluding carboxylic acids is 1.